The second-order valence-corrected chi connectivity index (χ2v) is 4.50. The molecule has 0 aliphatic carbocycles. The number of amides is 1. The summed E-state index contributed by atoms with van der Waals surface area (Å²) in [6.45, 7) is 2.80. The van der Waals surface area contributed by atoms with E-state index < -0.39 is 0 Å². The summed E-state index contributed by atoms with van der Waals surface area (Å²) in [6, 6.07) is 8.28. The molecule has 96 valence electrons. The molecule has 1 amide bonds. The fourth-order valence-corrected chi connectivity index (χ4v) is 1.79. The van der Waals surface area contributed by atoms with E-state index in [1.165, 1.54) is 11.1 Å². The Balaban J connectivity index is 2.15. The number of rotatable bonds is 7. The topological polar surface area (TPSA) is 29.1 Å². The third kappa shape index (κ3) is 6.10. The summed E-state index contributed by atoms with van der Waals surface area (Å²) in [4.78, 5) is 11.6. The normalized spacial score (nSPS) is 9.78. The van der Waals surface area contributed by atoms with Crippen molar-refractivity contribution in [2.24, 2.45) is 0 Å². The predicted octanol–water partition coefficient (Wildman–Crippen LogP) is 2.85. The predicted molar refractivity (Wildman–Crippen MR) is 75.2 cm³/mol. The summed E-state index contributed by atoms with van der Waals surface area (Å²) in [5, 5.41) is 2.92. The molecule has 2 heteroatoms. The van der Waals surface area contributed by atoms with Crippen LogP contribution in [0.2, 0.25) is 0 Å². The van der Waals surface area contributed by atoms with E-state index in [1.54, 1.807) is 0 Å². The zero-order valence-electron chi connectivity index (χ0n) is 11.0. The fourth-order valence-electron chi connectivity index (χ4n) is 1.79. The first-order chi connectivity index (χ1) is 8.72. The quantitative estimate of drug-likeness (QED) is 0.579. The lowest BCUT2D eigenvalue weighted by Gasteiger charge is -2.05. The van der Waals surface area contributed by atoms with Crippen molar-refractivity contribution < 1.29 is 4.79 Å². The van der Waals surface area contributed by atoms with Crippen molar-refractivity contribution in [2.75, 3.05) is 6.54 Å². The summed E-state index contributed by atoms with van der Waals surface area (Å²) < 4.78 is 0. The van der Waals surface area contributed by atoms with Gasteiger partial charge in [-0.25, -0.2) is 0 Å². The van der Waals surface area contributed by atoms with Crippen LogP contribution in [0.15, 0.2) is 24.3 Å². The molecule has 18 heavy (non-hydrogen) atoms. The Morgan fingerprint density at radius 1 is 1.39 bits per heavy atom. The van der Waals surface area contributed by atoms with Crippen molar-refractivity contribution in [3.05, 3.63) is 35.4 Å². The number of carbonyl (C=O) groups excluding carboxylic acids is 1. The molecule has 0 radical (unpaired) electrons. The Labute approximate surface area is 110 Å². The second-order valence-electron chi connectivity index (χ2n) is 4.50. The summed E-state index contributed by atoms with van der Waals surface area (Å²) in [7, 11) is 0. The van der Waals surface area contributed by atoms with E-state index in [0.29, 0.717) is 6.42 Å². The van der Waals surface area contributed by atoms with E-state index in [1.807, 2.05) is 6.07 Å². The Kier molecular flexibility index (Phi) is 6.64. The zero-order valence-corrected chi connectivity index (χ0v) is 11.0. The minimum absolute atomic E-state index is 0.122. The Hall–Kier alpha value is -1.75. The average Bonchev–Trinajstić information content (AvgIpc) is 2.36. The van der Waals surface area contributed by atoms with Crippen molar-refractivity contribution in [3.8, 4) is 12.3 Å². The zero-order chi connectivity index (χ0) is 13.2. The van der Waals surface area contributed by atoms with Gasteiger partial charge in [0.05, 0.1) is 0 Å². The highest BCUT2D eigenvalue weighted by Crippen LogP contribution is 2.06. The smallest absolute Gasteiger partial charge is 0.220 e. The molecule has 0 atom stereocenters. The van der Waals surface area contributed by atoms with Gasteiger partial charge in [-0.05, 0) is 31.7 Å². The molecule has 0 spiro atoms. The van der Waals surface area contributed by atoms with Gasteiger partial charge in [-0.1, -0.05) is 29.8 Å². The largest absolute Gasteiger partial charge is 0.356 e. The first-order valence-electron chi connectivity index (χ1n) is 6.48. The van der Waals surface area contributed by atoms with Gasteiger partial charge in [0.25, 0.3) is 0 Å². The van der Waals surface area contributed by atoms with Gasteiger partial charge in [0.1, 0.15) is 0 Å². The van der Waals surface area contributed by atoms with Gasteiger partial charge in [-0.3, -0.25) is 4.79 Å². The van der Waals surface area contributed by atoms with Crippen LogP contribution in [0.5, 0.6) is 0 Å². The van der Waals surface area contributed by atoms with Crippen LogP contribution in [0.25, 0.3) is 0 Å². The standard InChI is InChI=1S/C16H21NO/c1-3-4-5-6-12-17-16(18)11-10-15-9-7-8-14(2)13-15/h1,7-9,13H,4-6,10-12H2,2H3,(H,17,18). The molecule has 0 heterocycles. The van der Waals surface area contributed by atoms with Gasteiger partial charge in [-0.15, -0.1) is 12.3 Å². The number of hydrogen-bond donors (Lipinski definition) is 1. The molecule has 1 aromatic rings. The lowest BCUT2D eigenvalue weighted by atomic mass is 10.1. The van der Waals surface area contributed by atoms with Gasteiger partial charge in [0, 0.05) is 19.4 Å². The maximum atomic E-state index is 11.6. The molecule has 0 aliphatic heterocycles. The molecule has 0 saturated carbocycles. The lowest BCUT2D eigenvalue weighted by Crippen LogP contribution is -2.24. The molecule has 0 unspecified atom stereocenters. The van der Waals surface area contributed by atoms with Crippen molar-refractivity contribution in [2.45, 2.75) is 39.0 Å². The highest BCUT2D eigenvalue weighted by atomic mass is 16.1. The van der Waals surface area contributed by atoms with Crippen LogP contribution in [0.1, 0.15) is 36.8 Å². The molecular weight excluding hydrogens is 222 g/mol. The van der Waals surface area contributed by atoms with Gasteiger partial charge >= 0.3 is 0 Å². The van der Waals surface area contributed by atoms with Crippen LogP contribution in [-0.4, -0.2) is 12.5 Å². The van der Waals surface area contributed by atoms with Gasteiger partial charge in [0.15, 0.2) is 0 Å². The number of benzene rings is 1. The second kappa shape index (κ2) is 8.36. The van der Waals surface area contributed by atoms with Gasteiger partial charge < -0.3 is 5.32 Å². The van der Waals surface area contributed by atoms with E-state index in [0.717, 1.165) is 32.2 Å². The maximum Gasteiger partial charge on any atom is 0.220 e. The maximum absolute atomic E-state index is 11.6. The van der Waals surface area contributed by atoms with E-state index in [9.17, 15) is 4.79 Å². The summed E-state index contributed by atoms with van der Waals surface area (Å²) in [5.74, 6) is 2.72. The van der Waals surface area contributed by atoms with Crippen molar-refractivity contribution >= 4 is 5.91 Å². The van der Waals surface area contributed by atoms with Gasteiger partial charge in [-0.2, -0.15) is 0 Å². The van der Waals surface area contributed by atoms with Crippen LogP contribution in [0, 0.1) is 19.3 Å². The van der Waals surface area contributed by atoms with Crippen LogP contribution in [-0.2, 0) is 11.2 Å². The summed E-state index contributed by atoms with van der Waals surface area (Å²) in [6.07, 6.45) is 9.25. The van der Waals surface area contributed by atoms with Crippen LogP contribution in [0.4, 0.5) is 0 Å². The highest BCUT2D eigenvalue weighted by Gasteiger charge is 2.01. The van der Waals surface area contributed by atoms with E-state index >= 15 is 0 Å². The molecular formula is C16H21NO. The van der Waals surface area contributed by atoms with Crippen molar-refractivity contribution in [3.63, 3.8) is 0 Å². The van der Waals surface area contributed by atoms with E-state index in [-0.39, 0.29) is 5.91 Å². The molecule has 1 rings (SSSR count). The van der Waals surface area contributed by atoms with Crippen molar-refractivity contribution in [1.82, 2.24) is 5.32 Å². The summed E-state index contributed by atoms with van der Waals surface area (Å²) in [5.41, 5.74) is 2.46. The molecule has 0 bridgehead atoms. The monoisotopic (exact) mass is 243 g/mol. The highest BCUT2D eigenvalue weighted by molar-refractivity contribution is 5.76. The number of carbonyl (C=O) groups is 1. The van der Waals surface area contributed by atoms with E-state index in [4.69, 9.17) is 6.42 Å². The number of hydrogen-bond acceptors (Lipinski definition) is 1. The minimum atomic E-state index is 0.122. The van der Waals surface area contributed by atoms with Crippen LogP contribution < -0.4 is 5.32 Å². The first-order valence-corrected chi connectivity index (χ1v) is 6.48. The Morgan fingerprint density at radius 3 is 2.94 bits per heavy atom. The molecule has 2 nitrogen and oxygen atoms in total. The van der Waals surface area contributed by atoms with Crippen LogP contribution in [0.3, 0.4) is 0 Å². The number of terminal acetylenes is 1. The minimum Gasteiger partial charge on any atom is -0.356 e. The lowest BCUT2D eigenvalue weighted by molar-refractivity contribution is -0.121. The van der Waals surface area contributed by atoms with Crippen molar-refractivity contribution in [1.29, 1.82) is 0 Å². The molecule has 1 aromatic carbocycles. The summed E-state index contributed by atoms with van der Waals surface area (Å²) >= 11 is 0. The third-order valence-corrected chi connectivity index (χ3v) is 2.79. The molecule has 0 aromatic heterocycles. The molecule has 0 aliphatic rings. The molecule has 0 fully saturated rings. The SMILES string of the molecule is C#CCCCCNC(=O)CCc1cccc(C)c1. The number of unbranched alkanes of at least 4 members (excludes halogenated alkanes) is 2. The van der Waals surface area contributed by atoms with Gasteiger partial charge in [0.2, 0.25) is 5.91 Å². The Morgan fingerprint density at radius 2 is 2.22 bits per heavy atom. The number of nitrogens with one attached hydrogen (secondary N) is 1. The average molecular weight is 243 g/mol. The Bertz CT molecular complexity index is 417. The van der Waals surface area contributed by atoms with Crippen LogP contribution >= 0.6 is 0 Å². The fraction of sp³-hybridized carbons (Fsp3) is 0.438. The molecule has 0 saturated heterocycles. The first kappa shape index (κ1) is 14.3. The third-order valence-electron chi connectivity index (χ3n) is 2.79. The number of aryl methyl sites for hydroxylation is 2. The van der Waals surface area contributed by atoms with E-state index in [2.05, 4.69) is 36.4 Å². The molecule has 1 N–H and O–H groups in total.